The number of aromatic amines is 1. The number of nitrogens with zero attached hydrogens (tertiary/aromatic N) is 5. The molecule has 9 nitrogen and oxygen atoms in total. The summed E-state index contributed by atoms with van der Waals surface area (Å²) in [5.41, 5.74) is 0.507. The lowest BCUT2D eigenvalue weighted by atomic mass is 10.1. The van der Waals surface area contributed by atoms with E-state index in [9.17, 15) is 14.9 Å². The number of hydrogen-bond donors (Lipinski definition) is 1. The number of nitro groups is 1. The minimum Gasteiger partial charge on any atom is -0.268 e. The molecule has 0 amide bonds. The van der Waals surface area contributed by atoms with E-state index >= 15 is 0 Å². The SMILES string of the molecule is O=c1cc2ncc([C@H]3N=NC=C3[N+](=O)[O-])cn2[nH]1. The zero-order chi connectivity index (χ0) is 12.7. The number of rotatable bonds is 2. The van der Waals surface area contributed by atoms with Crippen LogP contribution >= 0.6 is 0 Å². The second-order valence-corrected chi connectivity index (χ2v) is 3.68. The molecule has 90 valence electrons. The van der Waals surface area contributed by atoms with Crippen LogP contribution in [0, 0.1) is 10.1 Å². The zero-order valence-corrected chi connectivity index (χ0v) is 8.85. The van der Waals surface area contributed by atoms with E-state index in [-0.39, 0.29) is 11.3 Å². The van der Waals surface area contributed by atoms with Gasteiger partial charge in [-0.3, -0.25) is 20.0 Å². The van der Waals surface area contributed by atoms with E-state index in [0.29, 0.717) is 11.2 Å². The molecule has 2 aromatic heterocycles. The predicted molar refractivity (Wildman–Crippen MR) is 58.5 cm³/mol. The van der Waals surface area contributed by atoms with Crippen molar-refractivity contribution < 1.29 is 4.92 Å². The smallest absolute Gasteiger partial charge is 0.268 e. The van der Waals surface area contributed by atoms with Crippen molar-refractivity contribution in [2.24, 2.45) is 10.2 Å². The van der Waals surface area contributed by atoms with Gasteiger partial charge in [-0.2, -0.15) is 10.2 Å². The average molecular weight is 246 g/mol. The van der Waals surface area contributed by atoms with Crippen LogP contribution in [0.25, 0.3) is 5.65 Å². The molecule has 1 atom stereocenters. The lowest BCUT2D eigenvalue weighted by Crippen LogP contribution is -2.08. The maximum atomic E-state index is 11.1. The first-order chi connectivity index (χ1) is 8.65. The van der Waals surface area contributed by atoms with Gasteiger partial charge in [-0.05, 0) is 0 Å². The van der Waals surface area contributed by atoms with Gasteiger partial charge in [-0.1, -0.05) is 0 Å². The van der Waals surface area contributed by atoms with Gasteiger partial charge in [0.05, 0.1) is 4.92 Å². The average Bonchev–Trinajstić information content (AvgIpc) is 2.91. The number of hydrogen-bond acceptors (Lipinski definition) is 6. The highest BCUT2D eigenvalue weighted by atomic mass is 16.6. The van der Waals surface area contributed by atoms with E-state index in [1.807, 2.05) is 0 Å². The molecule has 9 heteroatoms. The molecule has 0 aliphatic carbocycles. The van der Waals surface area contributed by atoms with Crippen molar-refractivity contribution >= 4 is 5.65 Å². The highest BCUT2D eigenvalue weighted by Crippen LogP contribution is 2.30. The molecular weight excluding hydrogens is 240 g/mol. The van der Waals surface area contributed by atoms with Crippen LogP contribution in [0.5, 0.6) is 0 Å². The van der Waals surface area contributed by atoms with Crippen LogP contribution in [0.4, 0.5) is 0 Å². The van der Waals surface area contributed by atoms with Gasteiger partial charge in [0.25, 0.3) is 11.3 Å². The summed E-state index contributed by atoms with van der Waals surface area (Å²) in [6, 6.07) is 0.535. The second kappa shape index (κ2) is 3.58. The van der Waals surface area contributed by atoms with Crippen LogP contribution in [0.15, 0.2) is 45.4 Å². The fourth-order valence-electron chi connectivity index (χ4n) is 1.73. The molecule has 3 rings (SSSR count). The molecule has 0 unspecified atom stereocenters. The fraction of sp³-hybridized carbons (Fsp3) is 0.111. The van der Waals surface area contributed by atoms with E-state index in [2.05, 4.69) is 20.3 Å². The van der Waals surface area contributed by atoms with Crippen molar-refractivity contribution in [2.75, 3.05) is 0 Å². The Bertz CT molecular complexity index is 755. The molecule has 3 heterocycles. The van der Waals surface area contributed by atoms with Crippen LogP contribution < -0.4 is 5.56 Å². The predicted octanol–water partition coefficient (Wildman–Crippen LogP) is 0.648. The summed E-state index contributed by atoms with van der Waals surface area (Å²) in [5.74, 6) is 0. The Balaban J connectivity index is 2.09. The van der Waals surface area contributed by atoms with Crippen LogP contribution in [0.1, 0.15) is 11.6 Å². The third-order valence-electron chi connectivity index (χ3n) is 2.54. The Morgan fingerprint density at radius 3 is 3.11 bits per heavy atom. The first-order valence-corrected chi connectivity index (χ1v) is 4.97. The van der Waals surface area contributed by atoms with Gasteiger partial charge in [-0.15, -0.1) is 0 Å². The first kappa shape index (κ1) is 10.3. The summed E-state index contributed by atoms with van der Waals surface area (Å²) in [6.07, 6.45) is 4.08. The van der Waals surface area contributed by atoms with Crippen molar-refractivity contribution in [1.29, 1.82) is 0 Å². The second-order valence-electron chi connectivity index (χ2n) is 3.68. The van der Waals surface area contributed by atoms with Gasteiger partial charge in [0.1, 0.15) is 6.20 Å². The minimum atomic E-state index is -0.789. The molecule has 1 N–H and O–H groups in total. The Morgan fingerprint density at radius 2 is 2.33 bits per heavy atom. The largest absolute Gasteiger partial charge is 0.297 e. The highest BCUT2D eigenvalue weighted by Gasteiger charge is 2.30. The van der Waals surface area contributed by atoms with E-state index in [1.165, 1.54) is 23.0 Å². The Labute approximate surface area is 98.6 Å². The van der Waals surface area contributed by atoms with E-state index < -0.39 is 11.0 Å². The van der Waals surface area contributed by atoms with Crippen molar-refractivity contribution in [3.05, 3.63) is 56.4 Å². The molecule has 0 aromatic carbocycles. The normalized spacial score (nSPS) is 18.2. The van der Waals surface area contributed by atoms with Crippen molar-refractivity contribution in [2.45, 2.75) is 6.04 Å². The van der Waals surface area contributed by atoms with Crippen molar-refractivity contribution in [1.82, 2.24) is 14.6 Å². The quantitative estimate of drug-likeness (QED) is 0.617. The van der Waals surface area contributed by atoms with E-state index in [4.69, 9.17) is 0 Å². The summed E-state index contributed by atoms with van der Waals surface area (Å²) in [5, 5.41) is 20.6. The summed E-state index contributed by atoms with van der Waals surface area (Å²) in [4.78, 5) is 25.4. The number of nitrogens with one attached hydrogen (secondary N) is 1. The number of H-pyrrole nitrogens is 1. The zero-order valence-electron chi connectivity index (χ0n) is 8.85. The van der Waals surface area contributed by atoms with Gasteiger partial charge in [0.2, 0.25) is 0 Å². The number of fused-ring (bicyclic) bond motifs is 1. The van der Waals surface area contributed by atoms with Crippen molar-refractivity contribution in [3.8, 4) is 0 Å². The third-order valence-corrected chi connectivity index (χ3v) is 2.54. The van der Waals surface area contributed by atoms with Gasteiger partial charge in [0, 0.05) is 24.0 Å². The molecule has 2 aromatic rings. The Kier molecular flexibility index (Phi) is 2.06. The summed E-state index contributed by atoms with van der Waals surface area (Å²) >= 11 is 0. The lowest BCUT2D eigenvalue weighted by Gasteiger charge is -2.05. The third kappa shape index (κ3) is 1.49. The van der Waals surface area contributed by atoms with Crippen LogP contribution in [0.3, 0.4) is 0 Å². The number of aromatic nitrogens is 3. The Morgan fingerprint density at radius 1 is 1.50 bits per heavy atom. The lowest BCUT2D eigenvalue weighted by molar-refractivity contribution is -0.429. The molecule has 0 fully saturated rings. The molecule has 0 bridgehead atoms. The fourth-order valence-corrected chi connectivity index (χ4v) is 1.73. The van der Waals surface area contributed by atoms with Crippen molar-refractivity contribution in [3.63, 3.8) is 0 Å². The summed E-state index contributed by atoms with van der Waals surface area (Å²) < 4.78 is 1.39. The topological polar surface area (TPSA) is 118 Å². The van der Waals surface area contributed by atoms with Gasteiger partial charge in [0.15, 0.2) is 11.7 Å². The standard InChI is InChI=1S/C9H6N6O3/c16-8-1-7-10-2-5(4-14(7)13-8)9-6(15(17)18)3-11-12-9/h1-4,9H,(H,13,16)/t9-/m1/s1. The summed E-state index contributed by atoms with van der Waals surface area (Å²) in [7, 11) is 0. The number of azo groups is 1. The monoisotopic (exact) mass is 246 g/mol. The molecule has 18 heavy (non-hydrogen) atoms. The van der Waals surface area contributed by atoms with Gasteiger partial charge in [-0.25, -0.2) is 9.50 Å². The highest BCUT2D eigenvalue weighted by molar-refractivity contribution is 5.37. The van der Waals surface area contributed by atoms with Crippen LogP contribution in [0.2, 0.25) is 0 Å². The van der Waals surface area contributed by atoms with E-state index in [0.717, 1.165) is 6.20 Å². The molecule has 0 radical (unpaired) electrons. The van der Waals surface area contributed by atoms with Gasteiger partial charge >= 0.3 is 0 Å². The Hall–Kier alpha value is -2.84. The molecular formula is C9H6N6O3. The van der Waals surface area contributed by atoms with Gasteiger partial charge < -0.3 is 0 Å². The van der Waals surface area contributed by atoms with Crippen LogP contribution in [-0.2, 0) is 0 Å². The molecule has 0 saturated heterocycles. The maximum absolute atomic E-state index is 11.1. The first-order valence-electron chi connectivity index (χ1n) is 4.97. The molecule has 1 aliphatic heterocycles. The maximum Gasteiger partial charge on any atom is 0.297 e. The summed E-state index contributed by atoms with van der Waals surface area (Å²) in [6.45, 7) is 0. The van der Waals surface area contributed by atoms with Crippen LogP contribution in [-0.4, -0.2) is 19.5 Å². The molecule has 1 aliphatic rings. The molecule has 0 spiro atoms. The molecule has 0 saturated carbocycles. The van der Waals surface area contributed by atoms with E-state index in [1.54, 1.807) is 0 Å². The minimum absolute atomic E-state index is 0.120.